The zero-order valence-corrected chi connectivity index (χ0v) is 11.5. The van der Waals surface area contributed by atoms with E-state index in [9.17, 15) is 23.1 Å². The molecule has 19 heavy (non-hydrogen) atoms. The van der Waals surface area contributed by atoms with E-state index in [-0.39, 0.29) is 31.0 Å². The lowest BCUT2D eigenvalue weighted by atomic mass is 9.82. The van der Waals surface area contributed by atoms with Crippen molar-refractivity contribution in [2.75, 3.05) is 12.3 Å². The largest absolute Gasteiger partial charge is 0.481 e. The Morgan fingerprint density at radius 2 is 1.84 bits per heavy atom. The third-order valence-corrected chi connectivity index (χ3v) is 4.30. The molecule has 4 N–H and O–H groups in total. The van der Waals surface area contributed by atoms with E-state index in [4.69, 9.17) is 5.14 Å². The van der Waals surface area contributed by atoms with Gasteiger partial charge in [0, 0.05) is 13.0 Å². The Kier molecular flexibility index (Phi) is 5.30. The van der Waals surface area contributed by atoms with Gasteiger partial charge in [0.15, 0.2) is 0 Å². The van der Waals surface area contributed by atoms with Gasteiger partial charge in [0.1, 0.15) is 0 Å². The highest BCUT2D eigenvalue weighted by atomic mass is 32.2. The van der Waals surface area contributed by atoms with Crippen molar-refractivity contribution < 1.29 is 23.1 Å². The fourth-order valence-corrected chi connectivity index (χ4v) is 2.94. The SMILES string of the molecule is NS(=O)(=O)CCCNC(=O)CC1(C(=O)O)CCCC1. The second kappa shape index (κ2) is 6.33. The summed E-state index contributed by atoms with van der Waals surface area (Å²) in [5.41, 5.74) is -0.940. The van der Waals surface area contributed by atoms with Gasteiger partial charge in [0.05, 0.1) is 11.2 Å². The first kappa shape index (κ1) is 15.9. The molecule has 0 bridgehead atoms. The van der Waals surface area contributed by atoms with Crippen LogP contribution in [0.25, 0.3) is 0 Å². The van der Waals surface area contributed by atoms with Gasteiger partial charge in [-0.1, -0.05) is 12.8 Å². The Morgan fingerprint density at radius 3 is 2.32 bits per heavy atom. The second-order valence-corrected chi connectivity index (χ2v) is 6.77. The standard InChI is InChI=1S/C11H20N2O5S/c12-19(17,18)7-3-6-13-9(14)8-11(10(15)16)4-1-2-5-11/h1-8H2,(H,13,14)(H,15,16)(H2,12,17,18). The summed E-state index contributed by atoms with van der Waals surface area (Å²) in [5, 5.41) is 16.6. The maximum Gasteiger partial charge on any atom is 0.310 e. The summed E-state index contributed by atoms with van der Waals surface area (Å²) in [6.45, 7) is 0.185. The molecule has 110 valence electrons. The smallest absolute Gasteiger partial charge is 0.310 e. The number of amides is 1. The number of nitrogens with two attached hydrogens (primary N) is 1. The van der Waals surface area contributed by atoms with E-state index in [0.29, 0.717) is 12.8 Å². The molecule has 0 unspecified atom stereocenters. The lowest BCUT2D eigenvalue weighted by Gasteiger charge is -2.22. The van der Waals surface area contributed by atoms with E-state index in [1.54, 1.807) is 0 Å². The summed E-state index contributed by atoms with van der Waals surface area (Å²) in [7, 11) is -3.52. The molecular weight excluding hydrogens is 272 g/mol. The Hall–Kier alpha value is -1.15. The molecule has 1 aliphatic rings. The Labute approximate surface area is 112 Å². The topological polar surface area (TPSA) is 127 Å². The molecule has 1 fully saturated rings. The number of nitrogens with one attached hydrogen (secondary N) is 1. The van der Waals surface area contributed by atoms with Gasteiger partial charge in [-0.15, -0.1) is 0 Å². The summed E-state index contributed by atoms with van der Waals surface area (Å²) >= 11 is 0. The van der Waals surface area contributed by atoms with Crippen LogP contribution in [-0.4, -0.2) is 37.7 Å². The summed E-state index contributed by atoms with van der Waals surface area (Å²) in [6, 6.07) is 0. The Balaban J connectivity index is 2.36. The van der Waals surface area contributed by atoms with Crippen molar-refractivity contribution in [1.29, 1.82) is 0 Å². The average molecular weight is 292 g/mol. The van der Waals surface area contributed by atoms with Gasteiger partial charge in [-0.25, -0.2) is 13.6 Å². The molecule has 0 atom stereocenters. The minimum absolute atomic E-state index is 0.0439. The molecule has 1 aliphatic carbocycles. The van der Waals surface area contributed by atoms with Crippen LogP contribution in [-0.2, 0) is 19.6 Å². The summed E-state index contributed by atoms with van der Waals surface area (Å²) in [4.78, 5) is 22.9. The van der Waals surface area contributed by atoms with Gasteiger partial charge in [-0.05, 0) is 19.3 Å². The number of rotatable bonds is 7. The number of sulfonamides is 1. The summed E-state index contributed by atoms with van der Waals surface area (Å²) in [6.07, 6.45) is 2.87. The molecule has 0 aliphatic heterocycles. The van der Waals surface area contributed by atoms with Crippen LogP contribution in [0, 0.1) is 5.41 Å². The zero-order chi connectivity index (χ0) is 14.5. The maximum absolute atomic E-state index is 11.7. The van der Waals surface area contributed by atoms with Gasteiger partial charge in [0.2, 0.25) is 15.9 Å². The van der Waals surface area contributed by atoms with Crippen molar-refractivity contribution in [1.82, 2.24) is 5.32 Å². The molecule has 0 saturated heterocycles. The number of hydrogen-bond acceptors (Lipinski definition) is 4. The van der Waals surface area contributed by atoms with Crippen molar-refractivity contribution in [3.63, 3.8) is 0 Å². The first-order valence-electron chi connectivity index (χ1n) is 6.26. The van der Waals surface area contributed by atoms with E-state index >= 15 is 0 Å². The average Bonchev–Trinajstić information content (AvgIpc) is 2.73. The normalized spacial score (nSPS) is 18.2. The first-order valence-corrected chi connectivity index (χ1v) is 7.97. The maximum atomic E-state index is 11.7. The number of hydrogen-bond donors (Lipinski definition) is 3. The minimum atomic E-state index is -3.52. The number of carboxylic acids is 1. The lowest BCUT2D eigenvalue weighted by Crippen LogP contribution is -2.36. The predicted octanol–water partition coefficient (Wildman–Crippen LogP) is -0.184. The van der Waals surface area contributed by atoms with Crippen molar-refractivity contribution in [3.8, 4) is 0 Å². The number of carboxylic acid groups (broad SMARTS) is 1. The molecule has 0 spiro atoms. The van der Waals surface area contributed by atoms with Crippen LogP contribution in [0.5, 0.6) is 0 Å². The number of aliphatic carboxylic acids is 1. The highest BCUT2D eigenvalue weighted by Gasteiger charge is 2.42. The van der Waals surface area contributed by atoms with E-state index < -0.39 is 21.4 Å². The van der Waals surface area contributed by atoms with Crippen LogP contribution in [0.2, 0.25) is 0 Å². The third kappa shape index (κ3) is 5.15. The third-order valence-electron chi connectivity index (χ3n) is 3.44. The predicted molar refractivity (Wildman–Crippen MR) is 68.8 cm³/mol. The highest BCUT2D eigenvalue weighted by Crippen LogP contribution is 2.41. The van der Waals surface area contributed by atoms with Crippen LogP contribution in [0.3, 0.4) is 0 Å². The molecule has 0 aromatic heterocycles. The fraction of sp³-hybridized carbons (Fsp3) is 0.818. The van der Waals surface area contributed by atoms with Crippen LogP contribution >= 0.6 is 0 Å². The number of carbonyl (C=O) groups excluding carboxylic acids is 1. The molecule has 8 heteroatoms. The van der Waals surface area contributed by atoms with Crippen LogP contribution < -0.4 is 10.5 Å². The van der Waals surface area contributed by atoms with Crippen LogP contribution in [0.15, 0.2) is 0 Å². The molecule has 7 nitrogen and oxygen atoms in total. The van der Waals surface area contributed by atoms with Crippen molar-refractivity contribution in [2.24, 2.45) is 10.6 Å². The van der Waals surface area contributed by atoms with Gasteiger partial charge >= 0.3 is 5.97 Å². The molecule has 0 heterocycles. The zero-order valence-electron chi connectivity index (χ0n) is 10.7. The first-order chi connectivity index (χ1) is 8.75. The molecule has 1 amide bonds. The highest BCUT2D eigenvalue weighted by molar-refractivity contribution is 7.89. The number of carbonyl (C=O) groups is 2. The van der Waals surface area contributed by atoms with Crippen LogP contribution in [0.1, 0.15) is 38.5 Å². The molecule has 0 radical (unpaired) electrons. The summed E-state index contributed by atoms with van der Waals surface area (Å²) in [5.74, 6) is -1.47. The van der Waals surface area contributed by atoms with Crippen molar-refractivity contribution in [2.45, 2.75) is 38.5 Å². The van der Waals surface area contributed by atoms with Gasteiger partial charge in [-0.2, -0.15) is 0 Å². The Morgan fingerprint density at radius 1 is 1.26 bits per heavy atom. The van der Waals surface area contributed by atoms with Crippen LogP contribution in [0.4, 0.5) is 0 Å². The van der Waals surface area contributed by atoms with E-state index in [0.717, 1.165) is 12.8 Å². The molecular formula is C11H20N2O5S. The summed E-state index contributed by atoms with van der Waals surface area (Å²) < 4.78 is 21.4. The Bertz CT molecular complexity index is 440. The molecule has 1 rings (SSSR count). The monoisotopic (exact) mass is 292 g/mol. The number of primary sulfonamides is 1. The van der Waals surface area contributed by atoms with E-state index in [1.165, 1.54) is 0 Å². The van der Waals surface area contributed by atoms with Gasteiger partial charge in [-0.3, -0.25) is 9.59 Å². The molecule has 1 saturated carbocycles. The minimum Gasteiger partial charge on any atom is -0.481 e. The quantitative estimate of drug-likeness (QED) is 0.561. The second-order valence-electron chi connectivity index (χ2n) is 5.04. The fourth-order valence-electron chi connectivity index (χ4n) is 2.39. The molecule has 0 aromatic rings. The van der Waals surface area contributed by atoms with E-state index in [2.05, 4.69) is 5.32 Å². The van der Waals surface area contributed by atoms with Crippen molar-refractivity contribution >= 4 is 21.9 Å². The van der Waals surface area contributed by atoms with Crippen molar-refractivity contribution in [3.05, 3.63) is 0 Å². The van der Waals surface area contributed by atoms with E-state index in [1.807, 2.05) is 0 Å². The molecule has 0 aromatic carbocycles. The van der Waals surface area contributed by atoms with Gasteiger partial charge < -0.3 is 10.4 Å². The lowest BCUT2D eigenvalue weighted by molar-refractivity contribution is -0.151. The van der Waals surface area contributed by atoms with Gasteiger partial charge in [0.25, 0.3) is 0 Å².